The van der Waals surface area contributed by atoms with Crippen molar-refractivity contribution in [1.82, 2.24) is 24.4 Å². The van der Waals surface area contributed by atoms with Crippen molar-refractivity contribution in [3.05, 3.63) is 88.7 Å². The van der Waals surface area contributed by atoms with Crippen LogP contribution in [-0.4, -0.2) is 56.0 Å². The summed E-state index contributed by atoms with van der Waals surface area (Å²) in [5.74, 6) is -0.138. The highest BCUT2D eigenvalue weighted by Crippen LogP contribution is 2.31. The summed E-state index contributed by atoms with van der Waals surface area (Å²) in [6.07, 6.45) is 2.97. The van der Waals surface area contributed by atoms with Crippen LogP contribution in [0.5, 0.6) is 0 Å². The van der Waals surface area contributed by atoms with Crippen molar-refractivity contribution in [2.75, 3.05) is 24.5 Å². The fourth-order valence-electron chi connectivity index (χ4n) is 5.24. The maximum Gasteiger partial charge on any atom is 0.355 e. The van der Waals surface area contributed by atoms with Crippen molar-refractivity contribution in [3.8, 4) is 16.9 Å². The molecule has 0 radical (unpaired) electrons. The van der Waals surface area contributed by atoms with E-state index in [9.17, 15) is 14.0 Å². The van der Waals surface area contributed by atoms with Gasteiger partial charge in [-0.3, -0.25) is 4.79 Å². The molecule has 0 saturated carbocycles. The summed E-state index contributed by atoms with van der Waals surface area (Å²) in [5.41, 5.74) is 3.15. The molecule has 0 N–H and O–H groups in total. The van der Waals surface area contributed by atoms with Gasteiger partial charge in [-0.25, -0.2) is 23.7 Å². The molecule has 1 aliphatic heterocycles. The Bertz CT molecular complexity index is 1630. The number of nitrogens with zero attached hydrogens (tertiary/aromatic N) is 6. The maximum absolute atomic E-state index is 14.9. The lowest BCUT2D eigenvalue weighted by Crippen LogP contribution is -2.54. The molecular weight excluding hydrogens is 495 g/mol. The zero-order valence-corrected chi connectivity index (χ0v) is 22.4. The number of para-hydroxylation sites is 1. The fraction of sp³-hybridized carbons (Fsp3) is 0.300. The number of piperazine rings is 1. The van der Waals surface area contributed by atoms with Gasteiger partial charge in [-0.1, -0.05) is 50.3 Å². The summed E-state index contributed by atoms with van der Waals surface area (Å²) in [6.45, 7) is 10.8. The summed E-state index contributed by atoms with van der Waals surface area (Å²) in [7, 11) is 0. The van der Waals surface area contributed by atoms with E-state index in [0.717, 1.165) is 18.4 Å². The number of aryl methyl sites for hydroxylation is 2. The van der Waals surface area contributed by atoms with Crippen LogP contribution in [0.2, 0.25) is 0 Å². The van der Waals surface area contributed by atoms with E-state index in [-0.39, 0.29) is 11.9 Å². The van der Waals surface area contributed by atoms with Gasteiger partial charge in [0, 0.05) is 31.2 Å². The fourth-order valence-corrected chi connectivity index (χ4v) is 5.24. The lowest BCUT2D eigenvalue weighted by atomic mass is 10.1. The number of benzene rings is 2. The maximum atomic E-state index is 14.9. The Hall–Kier alpha value is -4.40. The SMILES string of the molecule is C=CC(=O)N1CCN(c2nc(=O)n(-c3ccccc3CCC)c3nc(-c4ccccc4F)c(C)nc23)[C@@H](C)C1. The summed E-state index contributed by atoms with van der Waals surface area (Å²) < 4.78 is 16.4. The normalized spacial score (nSPS) is 15.5. The van der Waals surface area contributed by atoms with E-state index in [1.165, 1.54) is 16.7 Å². The Morgan fingerprint density at radius 1 is 1.10 bits per heavy atom. The highest BCUT2D eigenvalue weighted by atomic mass is 19.1. The van der Waals surface area contributed by atoms with Crippen LogP contribution < -0.4 is 10.6 Å². The van der Waals surface area contributed by atoms with E-state index < -0.39 is 11.5 Å². The molecule has 1 amide bonds. The average molecular weight is 527 g/mol. The van der Waals surface area contributed by atoms with Gasteiger partial charge in [0.25, 0.3) is 0 Å². The van der Waals surface area contributed by atoms with E-state index in [0.29, 0.717) is 59.3 Å². The van der Waals surface area contributed by atoms with Gasteiger partial charge in [0.2, 0.25) is 5.91 Å². The van der Waals surface area contributed by atoms with Crippen LogP contribution in [-0.2, 0) is 11.2 Å². The Kier molecular flexibility index (Phi) is 7.24. The minimum Gasteiger partial charge on any atom is -0.348 e. The summed E-state index contributed by atoms with van der Waals surface area (Å²) in [6, 6.07) is 14.0. The van der Waals surface area contributed by atoms with Crippen LogP contribution in [0.25, 0.3) is 28.1 Å². The first-order valence-electron chi connectivity index (χ1n) is 13.2. The van der Waals surface area contributed by atoms with Gasteiger partial charge < -0.3 is 9.80 Å². The summed E-state index contributed by atoms with van der Waals surface area (Å²) in [5, 5.41) is 0. The van der Waals surface area contributed by atoms with Crippen molar-refractivity contribution in [3.63, 3.8) is 0 Å². The lowest BCUT2D eigenvalue weighted by molar-refractivity contribution is -0.126. The largest absolute Gasteiger partial charge is 0.355 e. The molecular formula is C30H31FN6O2. The van der Waals surface area contributed by atoms with Gasteiger partial charge in [-0.15, -0.1) is 0 Å². The third kappa shape index (κ3) is 4.80. The number of hydrogen-bond donors (Lipinski definition) is 0. The molecule has 2 aromatic heterocycles. The number of fused-ring (bicyclic) bond motifs is 1. The molecule has 4 aromatic rings. The van der Waals surface area contributed by atoms with Crippen LogP contribution in [0.3, 0.4) is 0 Å². The first kappa shape index (κ1) is 26.2. The standard InChI is InChI=1S/C30H31FN6O2/c1-5-11-21-12-7-10-15-24(21)37-29-27(32-20(4)26(33-29)22-13-8-9-14-23(22)31)28(34-30(37)39)36-17-16-35(18-19(36)3)25(38)6-2/h6-10,12-15,19H,2,5,11,16-18H2,1,3-4H3/t19-/m0/s1. The number of carbonyl (C=O) groups excluding carboxylic acids is 1. The molecule has 0 bridgehead atoms. The molecule has 1 atom stereocenters. The van der Waals surface area contributed by atoms with Crippen LogP contribution in [0, 0.1) is 12.7 Å². The van der Waals surface area contributed by atoms with Crippen LogP contribution in [0.1, 0.15) is 31.5 Å². The minimum atomic E-state index is -0.490. The Labute approximate surface area is 226 Å². The van der Waals surface area contributed by atoms with Gasteiger partial charge in [0.1, 0.15) is 11.3 Å². The second kappa shape index (κ2) is 10.8. The second-order valence-corrected chi connectivity index (χ2v) is 9.77. The third-order valence-electron chi connectivity index (χ3n) is 7.13. The molecule has 39 heavy (non-hydrogen) atoms. The number of rotatable bonds is 6. The quantitative estimate of drug-likeness (QED) is 0.345. The Morgan fingerprint density at radius 3 is 2.56 bits per heavy atom. The number of aromatic nitrogens is 4. The average Bonchev–Trinajstić information content (AvgIpc) is 2.93. The van der Waals surface area contributed by atoms with Crippen molar-refractivity contribution in [2.24, 2.45) is 0 Å². The van der Waals surface area contributed by atoms with Gasteiger partial charge in [-0.05, 0) is 50.1 Å². The Morgan fingerprint density at radius 2 is 1.85 bits per heavy atom. The van der Waals surface area contributed by atoms with E-state index in [2.05, 4.69) is 18.5 Å². The molecule has 1 saturated heterocycles. The van der Waals surface area contributed by atoms with Gasteiger partial charge >= 0.3 is 5.69 Å². The van der Waals surface area contributed by atoms with Crippen LogP contribution in [0.4, 0.5) is 10.2 Å². The van der Waals surface area contributed by atoms with Crippen molar-refractivity contribution < 1.29 is 9.18 Å². The zero-order chi connectivity index (χ0) is 27.7. The predicted molar refractivity (Wildman–Crippen MR) is 151 cm³/mol. The molecule has 1 aliphatic rings. The van der Waals surface area contributed by atoms with Crippen molar-refractivity contribution in [2.45, 2.75) is 39.7 Å². The molecule has 8 nitrogen and oxygen atoms in total. The smallest absolute Gasteiger partial charge is 0.348 e. The first-order chi connectivity index (χ1) is 18.8. The van der Waals surface area contributed by atoms with Crippen molar-refractivity contribution in [1.29, 1.82) is 0 Å². The molecule has 9 heteroatoms. The van der Waals surface area contributed by atoms with E-state index in [4.69, 9.17) is 9.97 Å². The topological polar surface area (TPSA) is 84.2 Å². The van der Waals surface area contributed by atoms with Crippen LogP contribution in [0.15, 0.2) is 66.0 Å². The molecule has 2 aromatic carbocycles. The van der Waals surface area contributed by atoms with Gasteiger partial charge in [0.15, 0.2) is 11.5 Å². The number of anilines is 1. The third-order valence-corrected chi connectivity index (χ3v) is 7.13. The van der Waals surface area contributed by atoms with Crippen LogP contribution >= 0.6 is 0 Å². The van der Waals surface area contributed by atoms with E-state index >= 15 is 0 Å². The molecule has 200 valence electrons. The molecule has 0 spiro atoms. The van der Waals surface area contributed by atoms with E-state index in [1.54, 1.807) is 30.0 Å². The summed E-state index contributed by atoms with van der Waals surface area (Å²) in [4.78, 5) is 44.0. The molecule has 1 fully saturated rings. The monoisotopic (exact) mass is 526 g/mol. The zero-order valence-electron chi connectivity index (χ0n) is 22.4. The number of carbonyl (C=O) groups is 1. The number of hydrogen-bond acceptors (Lipinski definition) is 6. The highest BCUT2D eigenvalue weighted by Gasteiger charge is 2.30. The van der Waals surface area contributed by atoms with Gasteiger partial charge in [0.05, 0.1) is 17.1 Å². The molecule has 0 aliphatic carbocycles. The first-order valence-corrected chi connectivity index (χ1v) is 13.2. The number of amides is 1. The molecule has 0 unspecified atom stereocenters. The molecule has 5 rings (SSSR count). The van der Waals surface area contributed by atoms with Crippen molar-refractivity contribution >= 4 is 22.9 Å². The highest BCUT2D eigenvalue weighted by molar-refractivity contribution is 5.88. The second-order valence-electron chi connectivity index (χ2n) is 9.77. The van der Waals surface area contributed by atoms with E-state index in [1.807, 2.05) is 36.1 Å². The summed E-state index contributed by atoms with van der Waals surface area (Å²) >= 11 is 0. The Balaban J connectivity index is 1.77. The minimum absolute atomic E-state index is 0.130. The predicted octanol–water partition coefficient (Wildman–Crippen LogP) is 4.47. The molecule has 3 heterocycles. The van der Waals surface area contributed by atoms with Gasteiger partial charge in [-0.2, -0.15) is 4.98 Å². The lowest BCUT2D eigenvalue weighted by Gasteiger charge is -2.40. The number of halogens is 1.